The number of phenolic OH excluding ortho intramolecular Hbond substituents is 2. The Balaban J connectivity index is 0.00000627. The zero-order valence-corrected chi connectivity index (χ0v) is 42.2. The van der Waals surface area contributed by atoms with Gasteiger partial charge in [-0.1, -0.05) is 0 Å². The number of phenols is 2. The monoisotopic (exact) mass is 973 g/mol. The van der Waals surface area contributed by atoms with Gasteiger partial charge in [-0.2, -0.15) is 48.6 Å². The third kappa shape index (κ3) is 13.9. The van der Waals surface area contributed by atoms with Crippen LogP contribution in [0.3, 0.4) is 0 Å². The number of nitrogens with zero attached hydrogens (tertiary/aromatic N) is 5. The zero-order chi connectivity index (χ0) is 38.6. The summed E-state index contributed by atoms with van der Waals surface area (Å²) in [5.41, 5.74) is 3.46. The van der Waals surface area contributed by atoms with Gasteiger partial charge in [0.25, 0.3) is 40.5 Å². The second-order valence-corrected chi connectivity index (χ2v) is 16.1. The van der Waals surface area contributed by atoms with Crippen molar-refractivity contribution < 1.29 is 197 Å². The molecule has 0 bridgehead atoms. The van der Waals surface area contributed by atoms with Crippen molar-refractivity contribution >= 4 is 103 Å². The Morgan fingerprint density at radius 2 is 1.18 bits per heavy atom. The van der Waals surface area contributed by atoms with Gasteiger partial charge in [-0.15, -0.1) is 10.2 Å². The van der Waals surface area contributed by atoms with Crippen molar-refractivity contribution in [2.75, 3.05) is 16.4 Å². The Labute approximate surface area is 426 Å². The number of halogens is 1. The predicted octanol–water partition coefficient (Wildman–Crippen LogP) is -8.43. The van der Waals surface area contributed by atoms with Crippen LogP contribution in [0.4, 0.5) is 40.3 Å². The van der Waals surface area contributed by atoms with Gasteiger partial charge in [-0.05, 0) is 71.6 Å². The van der Waals surface area contributed by atoms with Gasteiger partial charge in [0.1, 0.15) is 26.1 Å². The molecule has 5 aromatic rings. The molecule has 0 aliphatic carbocycles. The molecule has 5 rings (SSSR count). The first-order valence-corrected chi connectivity index (χ1v) is 19.4. The van der Waals surface area contributed by atoms with Gasteiger partial charge in [0.15, 0.2) is 11.5 Å². The van der Waals surface area contributed by atoms with E-state index in [1.807, 2.05) is 0 Å². The number of hydrogen-bond donors (Lipinski definition) is 9. The summed E-state index contributed by atoms with van der Waals surface area (Å²) >= 11 is 5.75. The van der Waals surface area contributed by atoms with Crippen LogP contribution < -0.4 is 135 Å². The summed E-state index contributed by atoms with van der Waals surface area (Å²) < 4.78 is 134. The van der Waals surface area contributed by atoms with Gasteiger partial charge in [0.2, 0.25) is 17.2 Å². The molecule has 0 atom stereocenters. The standard InChI is InChI=1S/C25H19ClN8O14S4.Cu.4Na/c26-23-30-24(27)32-25(31-23)29-15-4-2-12(7-17(15)50(40,41)42)28-11-1-3-14-10(5-11)6-18(51(43,44)45)20(21(14)35)34-33-16-8-13(49(37,38)39)9-19(22(16)36)52(46,47)48;;;;;/h1-9,28,35-36H,(H,37,38,39)(H,40,41,42)(H,43,44,45)(H,46,47,48)(H3,27,29,30,31,32);;;;;/q;;4*+1. The van der Waals surface area contributed by atoms with Crippen molar-refractivity contribution in [1.82, 2.24) is 15.0 Å². The molecule has 32 heteroatoms. The minimum Gasteiger partial charge on any atom is -0.505 e. The molecule has 10 N–H and O–H groups in total. The Morgan fingerprint density at radius 1 is 0.614 bits per heavy atom. The average Bonchev–Trinajstić information content (AvgIpc) is 2.99. The molecular weight excluding hydrogens is 956 g/mol. The molecule has 57 heavy (non-hydrogen) atoms. The van der Waals surface area contributed by atoms with Crippen LogP contribution in [0.5, 0.6) is 11.5 Å². The zero-order valence-electron chi connectivity index (χ0n) is 29.3. The van der Waals surface area contributed by atoms with Crippen molar-refractivity contribution in [1.29, 1.82) is 0 Å². The molecule has 0 unspecified atom stereocenters. The molecule has 0 spiro atoms. The minimum absolute atomic E-state index is 0. The van der Waals surface area contributed by atoms with Crippen LogP contribution in [-0.2, 0) is 57.5 Å². The molecule has 0 aliphatic rings. The van der Waals surface area contributed by atoms with Crippen molar-refractivity contribution in [2.24, 2.45) is 10.2 Å². The van der Waals surface area contributed by atoms with E-state index in [2.05, 4.69) is 35.8 Å². The molecule has 4 aromatic carbocycles. The van der Waals surface area contributed by atoms with Gasteiger partial charge < -0.3 is 26.6 Å². The summed E-state index contributed by atoms with van der Waals surface area (Å²) in [5, 5.41) is 33.0. The molecule has 0 amide bonds. The third-order valence-corrected chi connectivity index (χ3v) is 10.2. The number of rotatable bonds is 10. The van der Waals surface area contributed by atoms with E-state index in [1.54, 1.807) is 0 Å². The SMILES string of the molecule is Nc1nc(Cl)nc(Nc2ccc(Nc3ccc4c(O)c(N=Nc5cc(S(=O)(=O)O)cc(S(=O)(=O)O)c5O)c(S(=O)(=O)O)cc4c3)cc2S(=O)(=O)O)n1.[Cu].[Na+].[Na+].[Na+].[Na+]. The Hall–Kier alpha value is -0.801. The average molecular weight is 975 g/mol. The summed E-state index contributed by atoms with van der Waals surface area (Å²) in [5.74, 6) is -2.88. The molecule has 1 heterocycles. The summed E-state index contributed by atoms with van der Waals surface area (Å²) in [4.78, 5) is 6.73. The van der Waals surface area contributed by atoms with Crippen LogP contribution in [0.1, 0.15) is 0 Å². The normalized spacial score (nSPS) is 11.6. The van der Waals surface area contributed by atoms with Gasteiger partial charge in [-0.25, -0.2) is 0 Å². The van der Waals surface area contributed by atoms with Gasteiger partial charge >= 0.3 is 118 Å². The van der Waals surface area contributed by atoms with Crippen LogP contribution in [0.15, 0.2) is 84.4 Å². The van der Waals surface area contributed by atoms with E-state index in [0.29, 0.717) is 6.07 Å². The molecule has 1 aromatic heterocycles. The largest absolute Gasteiger partial charge is 1.00 e. The van der Waals surface area contributed by atoms with Gasteiger partial charge in [0, 0.05) is 33.8 Å². The van der Waals surface area contributed by atoms with Crippen LogP contribution in [0, 0.1) is 0 Å². The number of benzene rings is 4. The summed E-state index contributed by atoms with van der Waals surface area (Å²) in [6, 6.07) is 8.72. The molecule has 0 saturated heterocycles. The van der Waals surface area contributed by atoms with E-state index in [0.717, 1.165) is 12.1 Å². The molecule has 0 saturated carbocycles. The molecule has 1 radical (unpaired) electrons. The second kappa shape index (κ2) is 21.3. The Bertz CT molecular complexity index is 2810. The van der Waals surface area contributed by atoms with E-state index < -0.39 is 82.9 Å². The topological polar surface area (TPSA) is 371 Å². The number of nitrogens with one attached hydrogen (secondary N) is 2. The first-order chi connectivity index (χ1) is 23.9. The number of nitrogen functional groups attached to an aromatic ring is 1. The van der Waals surface area contributed by atoms with Gasteiger partial charge in [-0.3, -0.25) is 18.2 Å². The van der Waals surface area contributed by atoms with E-state index in [9.17, 15) is 62.1 Å². The minimum atomic E-state index is -5.32. The maximum Gasteiger partial charge on any atom is 1.00 e. The van der Waals surface area contributed by atoms with Crippen molar-refractivity contribution in [3.8, 4) is 11.5 Å². The van der Waals surface area contributed by atoms with E-state index in [-0.39, 0.29) is 186 Å². The number of azo groups is 1. The fourth-order valence-corrected chi connectivity index (χ4v) is 7.17. The van der Waals surface area contributed by atoms with E-state index in [4.69, 9.17) is 17.3 Å². The third-order valence-electron chi connectivity index (χ3n) is 6.61. The van der Waals surface area contributed by atoms with Gasteiger partial charge in [0.05, 0.1) is 10.6 Å². The van der Waals surface area contributed by atoms with Crippen LogP contribution in [0.25, 0.3) is 10.8 Å². The first kappa shape index (κ1) is 56.2. The Kier molecular flexibility index (Phi) is 21.0. The van der Waals surface area contributed by atoms with Crippen LogP contribution in [-0.4, -0.2) is 77.0 Å². The number of aromatic nitrogens is 3. The number of nitrogens with two attached hydrogens (primary N) is 1. The predicted molar refractivity (Wildman–Crippen MR) is 179 cm³/mol. The number of aromatic hydroxyl groups is 2. The quantitative estimate of drug-likeness (QED) is 0.0356. The summed E-state index contributed by atoms with van der Waals surface area (Å²) in [7, 11) is -20.6. The summed E-state index contributed by atoms with van der Waals surface area (Å²) in [6.07, 6.45) is 0. The molecular formula is C25H19ClCuN8Na4O14S4+4. The number of fused-ring (bicyclic) bond motifs is 1. The smallest absolute Gasteiger partial charge is 0.505 e. The van der Waals surface area contributed by atoms with Crippen LogP contribution >= 0.6 is 11.6 Å². The van der Waals surface area contributed by atoms with E-state index >= 15 is 0 Å². The number of hydrogen-bond acceptors (Lipinski definition) is 18. The van der Waals surface area contributed by atoms with Crippen molar-refractivity contribution in [3.63, 3.8) is 0 Å². The van der Waals surface area contributed by atoms with Crippen LogP contribution in [0.2, 0.25) is 5.28 Å². The Morgan fingerprint density at radius 3 is 1.72 bits per heavy atom. The second-order valence-electron chi connectivity index (χ2n) is 10.1. The molecule has 0 aliphatic heterocycles. The summed E-state index contributed by atoms with van der Waals surface area (Å²) in [6.45, 7) is 0. The molecule has 22 nitrogen and oxygen atoms in total. The van der Waals surface area contributed by atoms with Crippen molar-refractivity contribution in [3.05, 3.63) is 59.9 Å². The van der Waals surface area contributed by atoms with E-state index in [1.165, 1.54) is 30.3 Å². The van der Waals surface area contributed by atoms with Crippen molar-refractivity contribution in [2.45, 2.75) is 19.6 Å². The fraction of sp³-hybridized carbons (Fsp3) is 0. The number of anilines is 5. The maximum atomic E-state index is 12.3. The fourth-order valence-electron chi connectivity index (χ4n) is 4.44. The first-order valence-electron chi connectivity index (χ1n) is 13.3. The molecule has 0 fully saturated rings. The molecule has 285 valence electrons. The maximum absolute atomic E-state index is 12.3.